The Bertz CT molecular complexity index is 2350. The van der Waals surface area contributed by atoms with Gasteiger partial charge in [0.25, 0.3) is 10.0 Å². The molecular weight excluding hydrogens is 672 g/mol. The van der Waals surface area contributed by atoms with Crippen LogP contribution >= 0.6 is 11.6 Å². The van der Waals surface area contributed by atoms with Gasteiger partial charge in [0.05, 0.1) is 23.2 Å². The number of hydrogen-bond donors (Lipinski definition) is 2. The summed E-state index contributed by atoms with van der Waals surface area (Å²) in [6.45, 7) is 0.107. The molecule has 0 atom stereocenters. The molecule has 3 heterocycles. The van der Waals surface area contributed by atoms with Crippen molar-refractivity contribution in [3.05, 3.63) is 160 Å². The molecule has 0 saturated carbocycles. The molecule has 0 bridgehead atoms. The van der Waals surface area contributed by atoms with E-state index in [1.54, 1.807) is 18.2 Å². The largest absolute Gasteiger partial charge is 0.478 e. The van der Waals surface area contributed by atoms with Crippen molar-refractivity contribution in [2.45, 2.75) is 36.8 Å². The summed E-state index contributed by atoms with van der Waals surface area (Å²) in [7, 11) is -4.01. The number of pyridine rings is 1. The van der Waals surface area contributed by atoms with Gasteiger partial charge in [-0.15, -0.1) is 0 Å². The normalized spacial score (nSPS) is 11.9. The van der Waals surface area contributed by atoms with E-state index in [-0.39, 0.29) is 23.2 Å². The third kappa shape index (κ3) is 6.78. The molecule has 50 heavy (non-hydrogen) atoms. The first kappa shape index (κ1) is 33.2. The van der Waals surface area contributed by atoms with Crippen molar-refractivity contribution in [1.29, 1.82) is 0 Å². The summed E-state index contributed by atoms with van der Waals surface area (Å²) in [5, 5.41) is 14.9. The number of carboxylic acids is 1. The summed E-state index contributed by atoms with van der Waals surface area (Å²) in [5.41, 5.74) is 6.85. The molecule has 2 N–H and O–H groups in total. The number of aromatic nitrogens is 3. The van der Waals surface area contributed by atoms with Crippen LogP contribution < -0.4 is 4.72 Å². The number of halogens is 1. The topological polar surface area (TPSA) is 127 Å². The highest BCUT2D eigenvalue weighted by Crippen LogP contribution is 2.38. The van der Waals surface area contributed by atoms with Gasteiger partial charge >= 0.3 is 5.97 Å². The predicted octanol–water partition coefficient (Wildman–Crippen LogP) is 7.86. The van der Waals surface area contributed by atoms with Crippen LogP contribution in [0.2, 0.25) is 5.02 Å². The number of aryl methyl sites for hydroxylation is 2. The van der Waals surface area contributed by atoms with Crippen LogP contribution in [0.4, 0.5) is 0 Å². The van der Waals surface area contributed by atoms with E-state index in [0.29, 0.717) is 28.8 Å². The molecule has 0 fully saturated rings. The predicted molar refractivity (Wildman–Crippen MR) is 193 cm³/mol. The van der Waals surface area contributed by atoms with Gasteiger partial charge in [-0.25, -0.2) is 22.9 Å². The molecule has 7 aromatic rings. The van der Waals surface area contributed by atoms with Crippen molar-refractivity contribution in [2.24, 2.45) is 0 Å². The maximum absolute atomic E-state index is 13.6. The van der Waals surface area contributed by atoms with E-state index in [1.807, 2.05) is 66.7 Å². The van der Waals surface area contributed by atoms with Crippen molar-refractivity contribution >= 4 is 49.5 Å². The minimum atomic E-state index is -4.01. The first-order valence-corrected chi connectivity index (χ1v) is 18.1. The molecule has 3 aromatic heterocycles. The highest BCUT2D eigenvalue weighted by atomic mass is 35.5. The van der Waals surface area contributed by atoms with Crippen LogP contribution in [0.1, 0.15) is 50.8 Å². The van der Waals surface area contributed by atoms with E-state index < -0.39 is 16.0 Å². The summed E-state index contributed by atoms with van der Waals surface area (Å²) in [6, 6.07) is 34.7. The van der Waals surface area contributed by atoms with Gasteiger partial charge in [0.2, 0.25) is 0 Å². The zero-order chi connectivity index (χ0) is 34.7. The molecule has 7 rings (SSSR count). The molecule has 11 heteroatoms. The Morgan fingerprint density at radius 2 is 1.56 bits per heavy atom. The Morgan fingerprint density at radius 1 is 0.860 bits per heavy atom. The van der Waals surface area contributed by atoms with Gasteiger partial charge in [0, 0.05) is 46.8 Å². The highest BCUT2D eigenvalue weighted by Gasteiger charge is 2.27. The van der Waals surface area contributed by atoms with E-state index >= 15 is 0 Å². The lowest BCUT2D eigenvalue weighted by Crippen LogP contribution is -2.28. The van der Waals surface area contributed by atoms with Crippen LogP contribution in [0, 0.1) is 0 Å². The molecular formula is C39H33ClN4O5S. The van der Waals surface area contributed by atoms with Crippen molar-refractivity contribution < 1.29 is 22.8 Å². The Kier molecular flexibility index (Phi) is 9.49. The number of rotatable bonds is 13. The molecule has 0 amide bonds. The van der Waals surface area contributed by atoms with Gasteiger partial charge in [-0.1, -0.05) is 89.6 Å². The minimum absolute atomic E-state index is 0.107. The maximum Gasteiger partial charge on any atom is 0.335 e. The molecule has 0 aliphatic rings. The van der Waals surface area contributed by atoms with Crippen molar-refractivity contribution in [1.82, 2.24) is 19.4 Å². The Balaban J connectivity index is 1.31. The van der Waals surface area contributed by atoms with E-state index in [9.17, 15) is 18.3 Å². The summed E-state index contributed by atoms with van der Waals surface area (Å²) < 4.78 is 37.5. The van der Waals surface area contributed by atoms with Gasteiger partial charge in [-0.3, -0.25) is 0 Å². The highest BCUT2D eigenvalue weighted by molar-refractivity contribution is 7.89. The minimum Gasteiger partial charge on any atom is -0.478 e. The third-order valence-electron chi connectivity index (χ3n) is 8.92. The van der Waals surface area contributed by atoms with E-state index in [4.69, 9.17) is 16.1 Å². The zero-order valence-electron chi connectivity index (χ0n) is 26.9. The number of carboxylic acid groups (broad SMARTS) is 1. The first-order chi connectivity index (χ1) is 24.3. The lowest BCUT2D eigenvalue weighted by atomic mass is 9.97. The lowest BCUT2D eigenvalue weighted by molar-refractivity contribution is 0.0697. The van der Waals surface area contributed by atoms with Crippen LogP contribution in [0.25, 0.3) is 21.9 Å². The third-order valence-corrected chi connectivity index (χ3v) is 10.6. The second kappa shape index (κ2) is 14.3. The van der Waals surface area contributed by atoms with Gasteiger partial charge in [-0.05, 0) is 71.8 Å². The quantitative estimate of drug-likeness (QED) is 0.125. The average Bonchev–Trinajstić information content (AvgIpc) is 3.72. The maximum atomic E-state index is 13.6. The van der Waals surface area contributed by atoms with Crippen molar-refractivity contribution in [2.75, 3.05) is 6.54 Å². The van der Waals surface area contributed by atoms with Crippen LogP contribution in [0.5, 0.6) is 0 Å². The second-order valence-corrected chi connectivity index (χ2v) is 14.2. The molecule has 0 radical (unpaired) electrons. The molecule has 0 unspecified atom stereocenters. The molecule has 0 aliphatic heterocycles. The average molecular weight is 705 g/mol. The monoisotopic (exact) mass is 704 g/mol. The fraction of sp³-hybridized carbons (Fsp3) is 0.154. The summed E-state index contributed by atoms with van der Waals surface area (Å²) in [6.07, 6.45) is 5.32. The number of sulfonamides is 1. The number of benzene rings is 4. The molecule has 0 saturated heterocycles. The number of fused-ring (bicyclic) bond motifs is 2. The number of carbonyl (C=O) groups is 1. The van der Waals surface area contributed by atoms with E-state index in [1.165, 1.54) is 12.4 Å². The van der Waals surface area contributed by atoms with Gasteiger partial charge < -0.3 is 14.2 Å². The fourth-order valence-corrected chi connectivity index (χ4v) is 7.98. The zero-order valence-corrected chi connectivity index (χ0v) is 28.4. The van der Waals surface area contributed by atoms with E-state index in [2.05, 4.69) is 43.7 Å². The number of hydrogen-bond acceptors (Lipinski definition) is 6. The second-order valence-electron chi connectivity index (χ2n) is 12.0. The van der Waals surface area contributed by atoms with Crippen molar-refractivity contribution in [3.63, 3.8) is 0 Å². The fourth-order valence-electron chi connectivity index (χ4n) is 6.65. The molecule has 0 spiro atoms. The SMILES string of the molecule is O=C(O)c1ccc(CCCc2c(CCNS(=O)(=O)c3nccc4oncc34)n(C(c3ccccc3)c3ccccc3)c3ccc(Cl)cc23)cc1. The van der Waals surface area contributed by atoms with Gasteiger partial charge in [0.15, 0.2) is 10.6 Å². The summed E-state index contributed by atoms with van der Waals surface area (Å²) >= 11 is 6.64. The van der Waals surface area contributed by atoms with Crippen LogP contribution in [-0.4, -0.2) is 40.7 Å². The smallest absolute Gasteiger partial charge is 0.335 e. The van der Waals surface area contributed by atoms with Crippen molar-refractivity contribution in [3.8, 4) is 0 Å². The Morgan fingerprint density at radius 3 is 2.24 bits per heavy atom. The summed E-state index contributed by atoms with van der Waals surface area (Å²) in [4.78, 5) is 15.5. The number of nitrogens with zero attached hydrogens (tertiary/aromatic N) is 3. The number of nitrogens with one attached hydrogen (secondary N) is 1. The van der Waals surface area contributed by atoms with Crippen LogP contribution in [0.3, 0.4) is 0 Å². The number of aromatic carboxylic acids is 1. The van der Waals surface area contributed by atoms with Gasteiger partial charge in [0.1, 0.15) is 0 Å². The van der Waals surface area contributed by atoms with Gasteiger partial charge in [-0.2, -0.15) is 0 Å². The van der Waals surface area contributed by atoms with E-state index in [0.717, 1.165) is 51.7 Å². The molecule has 252 valence electrons. The molecule has 0 aliphatic carbocycles. The van der Waals surface area contributed by atoms with Crippen LogP contribution in [0.15, 0.2) is 131 Å². The molecule has 9 nitrogen and oxygen atoms in total. The molecule has 4 aromatic carbocycles. The first-order valence-electron chi connectivity index (χ1n) is 16.2. The summed E-state index contributed by atoms with van der Waals surface area (Å²) in [5.74, 6) is -0.957. The standard InChI is InChI=1S/C39H33ClN4O5S/c40-30-18-19-34-32(24-30)31(13-7-8-26-14-16-29(17-15-26)39(45)46)35(20-23-43-50(47,48)38-33-25-42-49-36(33)21-22-41-38)44(34)37(27-9-3-1-4-10-27)28-11-5-2-6-12-28/h1-6,9-12,14-19,21-22,24-25,37,43H,7-8,13,20,23H2,(H,45,46). The van der Waals surface area contributed by atoms with Crippen LogP contribution in [-0.2, 0) is 29.3 Å². The Labute approximate surface area is 294 Å². The Hall–Kier alpha value is -5.29. The lowest BCUT2D eigenvalue weighted by Gasteiger charge is -2.25.